The Bertz CT molecular complexity index is 1010. The van der Waals surface area contributed by atoms with E-state index in [-0.39, 0.29) is 16.3 Å². The summed E-state index contributed by atoms with van der Waals surface area (Å²) in [6, 6.07) is 6.08. The van der Waals surface area contributed by atoms with Crippen LogP contribution in [0.15, 0.2) is 42.6 Å². The zero-order valence-corrected chi connectivity index (χ0v) is 15.3. The molecular formula is C19H15ClF3N3O2. The van der Waals surface area contributed by atoms with Crippen LogP contribution in [0.3, 0.4) is 0 Å². The van der Waals surface area contributed by atoms with E-state index in [1.54, 1.807) is 0 Å². The molecule has 0 fully saturated rings. The summed E-state index contributed by atoms with van der Waals surface area (Å²) in [5, 5.41) is 19.1. The fourth-order valence-corrected chi connectivity index (χ4v) is 2.92. The Morgan fingerprint density at radius 3 is 2.50 bits per heavy atom. The van der Waals surface area contributed by atoms with Gasteiger partial charge in [0, 0.05) is 5.56 Å². The summed E-state index contributed by atoms with van der Waals surface area (Å²) in [4.78, 5) is 12.6. The van der Waals surface area contributed by atoms with Crippen molar-refractivity contribution in [3.63, 3.8) is 0 Å². The predicted octanol–water partition coefficient (Wildman–Crippen LogP) is 4.00. The molecule has 0 aliphatic rings. The number of benzene rings is 2. The fraction of sp³-hybridized carbons (Fsp3) is 0.158. The van der Waals surface area contributed by atoms with Crippen LogP contribution in [0.5, 0.6) is 0 Å². The number of halogens is 4. The Morgan fingerprint density at radius 2 is 1.86 bits per heavy atom. The maximum absolute atomic E-state index is 13.9. The van der Waals surface area contributed by atoms with Crippen molar-refractivity contribution in [3.05, 3.63) is 76.2 Å². The van der Waals surface area contributed by atoms with Crippen LogP contribution in [0.2, 0.25) is 5.02 Å². The van der Waals surface area contributed by atoms with Crippen LogP contribution in [-0.4, -0.2) is 27.3 Å². The van der Waals surface area contributed by atoms with Crippen molar-refractivity contribution in [3.8, 4) is 11.3 Å². The van der Waals surface area contributed by atoms with Gasteiger partial charge in [-0.3, -0.25) is 9.89 Å². The van der Waals surface area contributed by atoms with Crippen molar-refractivity contribution < 1.29 is 23.1 Å². The highest BCUT2D eigenvalue weighted by Gasteiger charge is 2.26. The summed E-state index contributed by atoms with van der Waals surface area (Å²) in [5.74, 6) is -3.09. The van der Waals surface area contributed by atoms with Gasteiger partial charge in [-0.1, -0.05) is 17.7 Å². The van der Waals surface area contributed by atoms with Gasteiger partial charge in [0.05, 0.1) is 34.1 Å². The number of aliphatic hydroxyl groups is 1. The third kappa shape index (κ3) is 3.88. The molecule has 2 aromatic carbocycles. The number of carbonyl (C=O) groups excluding carboxylic acids is 1. The number of nitrogens with one attached hydrogen (secondary N) is 2. The molecule has 0 radical (unpaired) electrons. The molecule has 2 unspecified atom stereocenters. The lowest BCUT2D eigenvalue weighted by Gasteiger charge is -2.21. The fourth-order valence-electron chi connectivity index (χ4n) is 2.74. The van der Waals surface area contributed by atoms with Gasteiger partial charge in [-0.05, 0) is 37.3 Å². The third-order valence-corrected chi connectivity index (χ3v) is 4.51. The molecule has 1 amide bonds. The number of aromatic amines is 1. The van der Waals surface area contributed by atoms with Crippen LogP contribution in [0.25, 0.3) is 11.3 Å². The first-order chi connectivity index (χ1) is 13.3. The zero-order valence-electron chi connectivity index (χ0n) is 14.5. The number of hydrogen-bond donors (Lipinski definition) is 3. The molecule has 1 aromatic heterocycles. The SMILES string of the molecule is CC(NC(=O)c1cn[nH]c1-c1ccc(F)c(Cl)c1)C(O)c1c(F)cccc1F. The summed E-state index contributed by atoms with van der Waals surface area (Å²) >= 11 is 5.77. The predicted molar refractivity (Wildman–Crippen MR) is 97.2 cm³/mol. The average molecular weight is 410 g/mol. The molecule has 1 heterocycles. The number of hydrogen-bond acceptors (Lipinski definition) is 3. The van der Waals surface area contributed by atoms with Crippen LogP contribution in [0, 0.1) is 17.5 Å². The molecule has 9 heteroatoms. The quantitative estimate of drug-likeness (QED) is 0.596. The molecular weight excluding hydrogens is 395 g/mol. The number of aromatic nitrogens is 2. The first-order valence-corrected chi connectivity index (χ1v) is 8.59. The van der Waals surface area contributed by atoms with E-state index in [1.807, 2.05) is 0 Å². The number of aliphatic hydroxyl groups excluding tert-OH is 1. The van der Waals surface area contributed by atoms with Crippen LogP contribution in [0.1, 0.15) is 28.9 Å². The minimum Gasteiger partial charge on any atom is -0.386 e. The molecule has 0 saturated carbocycles. The van der Waals surface area contributed by atoms with Gasteiger partial charge in [-0.25, -0.2) is 13.2 Å². The zero-order chi connectivity index (χ0) is 20.4. The molecule has 3 aromatic rings. The molecule has 2 atom stereocenters. The summed E-state index contributed by atoms with van der Waals surface area (Å²) in [6.07, 6.45) is -0.370. The summed E-state index contributed by atoms with van der Waals surface area (Å²) < 4.78 is 41.1. The lowest BCUT2D eigenvalue weighted by Crippen LogP contribution is -2.37. The van der Waals surface area contributed by atoms with E-state index < -0.39 is 41.1 Å². The Labute approximate surface area is 163 Å². The smallest absolute Gasteiger partial charge is 0.255 e. The van der Waals surface area contributed by atoms with Gasteiger partial charge in [0.15, 0.2) is 0 Å². The highest BCUT2D eigenvalue weighted by atomic mass is 35.5. The van der Waals surface area contributed by atoms with Crippen molar-refractivity contribution in [2.45, 2.75) is 19.1 Å². The molecule has 0 saturated heterocycles. The summed E-state index contributed by atoms with van der Waals surface area (Å²) in [5.41, 5.74) is 0.254. The van der Waals surface area contributed by atoms with Crippen molar-refractivity contribution in [2.24, 2.45) is 0 Å². The maximum atomic E-state index is 13.9. The Morgan fingerprint density at radius 1 is 1.18 bits per heavy atom. The highest BCUT2D eigenvalue weighted by molar-refractivity contribution is 6.31. The van der Waals surface area contributed by atoms with E-state index in [0.29, 0.717) is 5.56 Å². The number of carbonyl (C=O) groups is 1. The molecule has 5 nitrogen and oxygen atoms in total. The third-order valence-electron chi connectivity index (χ3n) is 4.22. The maximum Gasteiger partial charge on any atom is 0.255 e. The van der Waals surface area contributed by atoms with E-state index in [0.717, 1.165) is 18.2 Å². The van der Waals surface area contributed by atoms with Gasteiger partial charge >= 0.3 is 0 Å². The molecule has 146 valence electrons. The molecule has 0 aliphatic heterocycles. The van der Waals surface area contributed by atoms with Gasteiger partial charge in [0.2, 0.25) is 0 Å². The van der Waals surface area contributed by atoms with Gasteiger partial charge in [0.25, 0.3) is 5.91 Å². The molecule has 3 rings (SSSR count). The second kappa shape index (κ2) is 8.04. The Kier molecular flexibility index (Phi) is 5.71. The Hall–Kier alpha value is -2.84. The number of nitrogens with zero attached hydrogens (tertiary/aromatic N) is 1. The van der Waals surface area contributed by atoms with E-state index in [1.165, 1.54) is 31.3 Å². The monoisotopic (exact) mass is 409 g/mol. The second-order valence-electron chi connectivity index (χ2n) is 6.13. The van der Waals surface area contributed by atoms with E-state index in [9.17, 15) is 23.1 Å². The van der Waals surface area contributed by atoms with Gasteiger partial charge in [0.1, 0.15) is 23.6 Å². The van der Waals surface area contributed by atoms with E-state index in [4.69, 9.17) is 11.6 Å². The van der Waals surface area contributed by atoms with Crippen LogP contribution in [-0.2, 0) is 0 Å². The van der Waals surface area contributed by atoms with Crippen molar-refractivity contribution in [1.82, 2.24) is 15.5 Å². The first kappa shape index (κ1) is 19.9. The largest absolute Gasteiger partial charge is 0.386 e. The van der Waals surface area contributed by atoms with Gasteiger partial charge in [-0.15, -0.1) is 0 Å². The summed E-state index contributed by atoms with van der Waals surface area (Å²) in [7, 11) is 0. The molecule has 0 spiro atoms. The van der Waals surface area contributed by atoms with Gasteiger partial charge in [-0.2, -0.15) is 5.10 Å². The molecule has 0 bridgehead atoms. The molecule has 0 aliphatic carbocycles. The Balaban J connectivity index is 1.82. The van der Waals surface area contributed by atoms with Crippen LogP contribution >= 0.6 is 11.6 Å². The van der Waals surface area contributed by atoms with Crippen molar-refractivity contribution in [1.29, 1.82) is 0 Å². The lowest BCUT2D eigenvalue weighted by atomic mass is 10.0. The number of amides is 1. The number of rotatable bonds is 5. The van der Waals surface area contributed by atoms with Crippen molar-refractivity contribution >= 4 is 17.5 Å². The van der Waals surface area contributed by atoms with Crippen LogP contribution in [0.4, 0.5) is 13.2 Å². The topological polar surface area (TPSA) is 78.0 Å². The second-order valence-corrected chi connectivity index (χ2v) is 6.54. The highest BCUT2D eigenvalue weighted by Crippen LogP contribution is 2.27. The van der Waals surface area contributed by atoms with Gasteiger partial charge < -0.3 is 10.4 Å². The minimum atomic E-state index is -1.61. The standard InChI is InChI=1S/C19H15ClF3N3O2/c1-9(18(27)16-14(22)3-2-4-15(16)23)25-19(28)11-8-24-26-17(11)10-5-6-13(21)12(20)7-10/h2-9,18,27H,1H3,(H,24,26)(H,25,28). The molecule has 28 heavy (non-hydrogen) atoms. The lowest BCUT2D eigenvalue weighted by molar-refractivity contribution is 0.0839. The van der Waals surface area contributed by atoms with Crippen LogP contribution < -0.4 is 5.32 Å². The normalized spacial score (nSPS) is 13.2. The van der Waals surface area contributed by atoms with Crippen molar-refractivity contribution in [2.75, 3.05) is 0 Å². The summed E-state index contributed by atoms with van der Waals surface area (Å²) in [6.45, 7) is 1.41. The van der Waals surface area contributed by atoms with E-state index >= 15 is 0 Å². The number of H-pyrrole nitrogens is 1. The molecule has 3 N–H and O–H groups in total. The first-order valence-electron chi connectivity index (χ1n) is 8.21. The average Bonchev–Trinajstić information content (AvgIpc) is 3.13. The van der Waals surface area contributed by atoms with E-state index in [2.05, 4.69) is 15.5 Å². The minimum absolute atomic E-state index is 0.0933.